The molecule has 23 heavy (non-hydrogen) atoms. The average molecular weight is 313 g/mol. The number of hydrogen-bond donors (Lipinski definition) is 2. The zero-order chi connectivity index (χ0) is 16.6. The molecule has 0 unspecified atom stereocenters. The molecule has 1 amide bonds. The predicted molar refractivity (Wildman–Crippen MR) is 89.3 cm³/mol. The van der Waals surface area contributed by atoms with Gasteiger partial charge in [0.1, 0.15) is 0 Å². The van der Waals surface area contributed by atoms with E-state index in [2.05, 4.69) is 11.4 Å². The number of hydrogen-bond acceptors (Lipinski definition) is 2. The maximum atomic E-state index is 12.6. The Morgan fingerprint density at radius 2 is 1.70 bits per heavy atom. The van der Waals surface area contributed by atoms with Crippen LogP contribution in [0.3, 0.4) is 0 Å². The van der Waals surface area contributed by atoms with Crippen molar-refractivity contribution in [3.8, 4) is 0 Å². The molecule has 3 rings (SSSR count). The molecule has 2 atom stereocenters. The number of carboxylic acids is 1. The molecule has 0 heterocycles. The Morgan fingerprint density at radius 3 is 2.39 bits per heavy atom. The summed E-state index contributed by atoms with van der Waals surface area (Å²) in [6.07, 6.45) is 4.32. The van der Waals surface area contributed by atoms with Gasteiger partial charge in [0.2, 0.25) is 5.91 Å². The van der Waals surface area contributed by atoms with Gasteiger partial charge >= 0.3 is 5.97 Å². The van der Waals surface area contributed by atoms with E-state index in [1.165, 1.54) is 17.5 Å². The number of nitrogens with one attached hydrogen (secondary N) is 1. The first-order chi connectivity index (χ1) is 11.0. The van der Waals surface area contributed by atoms with Gasteiger partial charge in [-0.1, -0.05) is 17.2 Å². The smallest absolute Gasteiger partial charge is 0.307 e. The Hall–Kier alpha value is -2.10. The van der Waals surface area contributed by atoms with Crippen LogP contribution in [0.25, 0.3) is 0 Å². The molecule has 0 fully saturated rings. The molecule has 4 nitrogen and oxygen atoms in total. The molecule has 0 aliphatic heterocycles. The number of anilines is 1. The van der Waals surface area contributed by atoms with Crippen molar-refractivity contribution in [2.24, 2.45) is 11.8 Å². The van der Waals surface area contributed by atoms with Crippen LogP contribution in [0.5, 0.6) is 0 Å². The van der Waals surface area contributed by atoms with Gasteiger partial charge in [-0.25, -0.2) is 0 Å². The van der Waals surface area contributed by atoms with E-state index < -0.39 is 17.8 Å². The maximum absolute atomic E-state index is 12.6. The largest absolute Gasteiger partial charge is 0.481 e. The Morgan fingerprint density at radius 1 is 1.04 bits per heavy atom. The second-order valence-corrected chi connectivity index (χ2v) is 6.85. The van der Waals surface area contributed by atoms with Gasteiger partial charge in [0.25, 0.3) is 0 Å². The van der Waals surface area contributed by atoms with E-state index in [0.29, 0.717) is 12.8 Å². The van der Waals surface area contributed by atoms with Crippen molar-refractivity contribution in [3.05, 3.63) is 40.5 Å². The Labute approximate surface area is 136 Å². The number of allylic oxidation sites excluding steroid dienone is 2. The lowest BCUT2D eigenvalue weighted by atomic mass is 9.76. The van der Waals surface area contributed by atoms with Gasteiger partial charge < -0.3 is 10.4 Å². The lowest BCUT2D eigenvalue weighted by Gasteiger charge is -2.29. The average Bonchev–Trinajstić information content (AvgIpc) is 2.96. The van der Waals surface area contributed by atoms with Crippen LogP contribution in [-0.4, -0.2) is 17.0 Å². The molecule has 0 saturated carbocycles. The number of benzene rings is 1. The summed E-state index contributed by atoms with van der Waals surface area (Å²) in [5.41, 5.74) is 5.67. The van der Waals surface area contributed by atoms with Crippen LogP contribution in [0.15, 0.2) is 29.3 Å². The zero-order valence-electron chi connectivity index (χ0n) is 13.7. The highest BCUT2D eigenvalue weighted by molar-refractivity contribution is 5.95. The molecular weight excluding hydrogens is 290 g/mol. The second-order valence-electron chi connectivity index (χ2n) is 6.85. The van der Waals surface area contributed by atoms with Crippen molar-refractivity contribution in [1.29, 1.82) is 0 Å². The fourth-order valence-electron chi connectivity index (χ4n) is 3.71. The monoisotopic (exact) mass is 313 g/mol. The Balaban J connectivity index is 1.77. The van der Waals surface area contributed by atoms with E-state index in [1.54, 1.807) is 0 Å². The second kappa shape index (κ2) is 6.19. The van der Waals surface area contributed by atoms with Crippen LogP contribution in [0, 0.1) is 11.8 Å². The van der Waals surface area contributed by atoms with Crippen LogP contribution in [0.4, 0.5) is 5.69 Å². The number of carbonyl (C=O) groups excluding carboxylic acids is 1. The lowest BCUT2D eigenvalue weighted by molar-refractivity contribution is -0.146. The van der Waals surface area contributed by atoms with Crippen molar-refractivity contribution < 1.29 is 14.7 Å². The SMILES string of the molecule is CC1=C(C)C[C@@H](C(=O)Nc2ccc3c(c2)CCC3)[C@@H](C(=O)O)C1. The molecule has 0 spiro atoms. The summed E-state index contributed by atoms with van der Waals surface area (Å²) in [6, 6.07) is 6.03. The topological polar surface area (TPSA) is 66.4 Å². The lowest BCUT2D eigenvalue weighted by Crippen LogP contribution is -2.36. The normalized spacial score (nSPS) is 23.6. The van der Waals surface area contributed by atoms with Crippen molar-refractivity contribution in [2.75, 3.05) is 5.32 Å². The highest BCUT2D eigenvalue weighted by Crippen LogP contribution is 2.35. The summed E-state index contributed by atoms with van der Waals surface area (Å²) in [5, 5.41) is 12.4. The van der Waals surface area contributed by atoms with Gasteiger partial charge in [0, 0.05) is 5.69 Å². The van der Waals surface area contributed by atoms with Gasteiger partial charge in [0.05, 0.1) is 11.8 Å². The van der Waals surface area contributed by atoms with E-state index in [-0.39, 0.29) is 5.91 Å². The third kappa shape index (κ3) is 3.16. The van der Waals surface area contributed by atoms with Gasteiger partial charge in [-0.2, -0.15) is 0 Å². The number of aryl methyl sites for hydroxylation is 2. The van der Waals surface area contributed by atoms with Crippen LogP contribution >= 0.6 is 0 Å². The molecule has 4 heteroatoms. The summed E-state index contributed by atoms with van der Waals surface area (Å²) >= 11 is 0. The highest BCUT2D eigenvalue weighted by atomic mass is 16.4. The molecule has 0 radical (unpaired) electrons. The van der Waals surface area contributed by atoms with E-state index in [4.69, 9.17) is 0 Å². The van der Waals surface area contributed by atoms with Crippen LogP contribution in [0.1, 0.15) is 44.2 Å². The molecular formula is C19H23NO3. The minimum atomic E-state index is -0.883. The third-order valence-corrected chi connectivity index (χ3v) is 5.29. The summed E-state index contributed by atoms with van der Waals surface area (Å²) in [6.45, 7) is 3.95. The summed E-state index contributed by atoms with van der Waals surface area (Å²) in [7, 11) is 0. The zero-order valence-corrected chi connectivity index (χ0v) is 13.7. The highest BCUT2D eigenvalue weighted by Gasteiger charge is 2.37. The minimum Gasteiger partial charge on any atom is -0.481 e. The molecule has 0 aromatic heterocycles. The Bertz CT molecular complexity index is 690. The number of amides is 1. The molecule has 2 N–H and O–H groups in total. The summed E-state index contributed by atoms with van der Waals surface area (Å²) in [4.78, 5) is 24.2. The first kappa shape index (κ1) is 15.8. The van der Waals surface area contributed by atoms with E-state index in [9.17, 15) is 14.7 Å². The molecule has 0 bridgehead atoms. The van der Waals surface area contributed by atoms with Gasteiger partial charge in [-0.3, -0.25) is 9.59 Å². The number of carbonyl (C=O) groups is 2. The summed E-state index contributed by atoms with van der Waals surface area (Å²) in [5.74, 6) is -2.19. The van der Waals surface area contributed by atoms with Crippen LogP contribution in [0.2, 0.25) is 0 Å². The fraction of sp³-hybridized carbons (Fsp3) is 0.474. The first-order valence-corrected chi connectivity index (χ1v) is 8.26. The van der Waals surface area contributed by atoms with Gasteiger partial charge in [-0.05, 0) is 69.2 Å². The Kier molecular flexibility index (Phi) is 4.24. The van der Waals surface area contributed by atoms with Crippen molar-refractivity contribution in [3.63, 3.8) is 0 Å². The molecule has 1 aromatic rings. The van der Waals surface area contributed by atoms with Crippen LogP contribution < -0.4 is 5.32 Å². The number of aliphatic carboxylic acids is 1. The molecule has 2 aliphatic rings. The van der Waals surface area contributed by atoms with Gasteiger partial charge in [0.15, 0.2) is 0 Å². The van der Waals surface area contributed by atoms with E-state index in [0.717, 1.165) is 29.7 Å². The van der Waals surface area contributed by atoms with Crippen molar-refractivity contribution in [1.82, 2.24) is 0 Å². The third-order valence-electron chi connectivity index (χ3n) is 5.29. The molecule has 0 saturated heterocycles. The van der Waals surface area contributed by atoms with Crippen molar-refractivity contribution >= 4 is 17.6 Å². The van der Waals surface area contributed by atoms with Crippen LogP contribution in [-0.2, 0) is 22.4 Å². The number of rotatable bonds is 3. The quantitative estimate of drug-likeness (QED) is 0.839. The first-order valence-electron chi connectivity index (χ1n) is 8.26. The summed E-state index contributed by atoms with van der Waals surface area (Å²) < 4.78 is 0. The number of carboxylic acid groups (broad SMARTS) is 1. The van der Waals surface area contributed by atoms with Gasteiger partial charge in [-0.15, -0.1) is 0 Å². The van der Waals surface area contributed by atoms with Crippen molar-refractivity contribution in [2.45, 2.75) is 46.0 Å². The minimum absolute atomic E-state index is 0.179. The molecule has 122 valence electrons. The molecule has 1 aromatic carbocycles. The fourth-order valence-corrected chi connectivity index (χ4v) is 3.71. The number of fused-ring (bicyclic) bond motifs is 1. The van der Waals surface area contributed by atoms with E-state index in [1.807, 2.05) is 26.0 Å². The standard InChI is InChI=1S/C19H23NO3/c1-11-8-16(17(19(22)23)9-12(11)2)18(21)20-15-7-6-13-4-3-5-14(13)10-15/h6-7,10,16-17H,3-5,8-9H2,1-2H3,(H,20,21)(H,22,23)/t16-,17+/m1/s1. The molecule has 2 aliphatic carbocycles. The maximum Gasteiger partial charge on any atom is 0.307 e. The van der Waals surface area contributed by atoms with E-state index >= 15 is 0 Å². The predicted octanol–water partition coefficient (Wildman–Crippen LogP) is 3.56.